The Balaban J connectivity index is 0.00000144. The molecule has 0 spiro atoms. The van der Waals surface area contributed by atoms with Gasteiger partial charge < -0.3 is 15.8 Å². The van der Waals surface area contributed by atoms with Crippen LogP contribution in [-0.2, 0) is 9.53 Å². The van der Waals surface area contributed by atoms with Gasteiger partial charge in [-0.15, -0.1) is 12.4 Å². The minimum Gasteiger partial charge on any atom is -0.383 e. The summed E-state index contributed by atoms with van der Waals surface area (Å²) >= 11 is 0. The Hall–Kier alpha value is -0.320. The molecular formula is C8H17ClN2O2. The molecule has 4 nitrogen and oxygen atoms in total. The maximum atomic E-state index is 11.2. The largest absolute Gasteiger partial charge is 0.383 e. The number of halogens is 1. The van der Waals surface area contributed by atoms with Crippen LogP contribution in [0.3, 0.4) is 0 Å². The van der Waals surface area contributed by atoms with E-state index in [1.54, 1.807) is 7.11 Å². The monoisotopic (exact) mass is 208 g/mol. The van der Waals surface area contributed by atoms with Crippen LogP contribution in [0, 0.1) is 5.92 Å². The molecule has 1 fully saturated rings. The number of methoxy groups -OCH3 is 1. The Bertz CT molecular complexity index is 160. The number of nitrogens with two attached hydrogens (primary N) is 1. The van der Waals surface area contributed by atoms with E-state index in [0.717, 1.165) is 12.8 Å². The lowest BCUT2D eigenvalue weighted by molar-refractivity contribution is -0.128. The summed E-state index contributed by atoms with van der Waals surface area (Å²) < 4.78 is 4.81. The van der Waals surface area contributed by atoms with Gasteiger partial charge >= 0.3 is 0 Å². The van der Waals surface area contributed by atoms with Gasteiger partial charge in [0.15, 0.2) is 0 Å². The molecule has 0 heterocycles. The van der Waals surface area contributed by atoms with Crippen molar-refractivity contribution in [3.05, 3.63) is 0 Å². The highest BCUT2D eigenvalue weighted by atomic mass is 35.5. The van der Waals surface area contributed by atoms with Gasteiger partial charge in [-0.3, -0.25) is 4.79 Å². The molecule has 0 aromatic rings. The van der Waals surface area contributed by atoms with Crippen molar-refractivity contribution in [2.24, 2.45) is 11.7 Å². The molecule has 1 rings (SSSR count). The maximum absolute atomic E-state index is 11.2. The topological polar surface area (TPSA) is 64.3 Å². The van der Waals surface area contributed by atoms with Gasteiger partial charge in [-0.2, -0.15) is 0 Å². The quantitative estimate of drug-likeness (QED) is 0.635. The second-order valence-corrected chi connectivity index (χ2v) is 3.21. The first kappa shape index (κ1) is 12.7. The lowest BCUT2D eigenvalue weighted by Crippen LogP contribution is -2.45. The van der Waals surface area contributed by atoms with Crippen molar-refractivity contribution in [2.75, 3.05) is 20.3 Å². The predicted octanol–water partition coefficient (Wildman–Crippen LogP) is -0.0919. The molecule has 0 radical (unpaired) electrons. The van der Waals surface area contributed by atoms with Crippen LogP contribution in [0.1, 0.15) is 12.8 Å². The van der Waals surface area contributed by atoms with Gasteiger partial charge in [-0.25, -0.2) is 0 Å². The molecule has 0 aliphatic heterocycles. The highest BCUT2D eigenvalue weighted by Crippen LogP contribution is 2.25. The van der Waals surface area contributed by atoms with Crippen molar-refractivity contribution in [3.8, 4) is 0 Å². The standard InChI is InChI=1S/C8H16N2O2.ClH/c1-12-3-2-10-8(11)6-4-7(9)5-6;/h6-7H,2-5,9H2,1H3,(H,10,11);1H. The molecule has 13 heavy (non-hydrogen) atoms. The Morgan fingerprint density at radius 2 is 2.23 bits per heavy atom. The average molecular weight is 209 g/mol. The van der Waals surface area contributed by atoms with Crippen LogP contribution in [-0.4, -0.2) is 32.2 Å². The number of hydrogen-bond acceptors (Lipinski definition) is 3. The fourth-order valence-corrected chi connectivity index (χ4v) is 1.30. The molecule has 1 amide bonds. The van der Waals surface area contributed by atoms with E-state index in [-0.39, 0.29) is 30.3 Å². The minimum absolute atomic E-state index is 0. The maximum Gasteiger partial charge on any atom is 0.223 e. The van der Waals surface area contributed by atoms with Gasteiger partial charge in [0.1, 0.15) is 0 Å². The number of ether oxygens (including phenoxy) is 1. The van der Waals surface area contributed by atoms with Gasteiger partial charge in [-0.05, 0) is 12.8 Å². The van der Waals surface area contributed by atoms with Crippen LogP contribution in [0.5, 0.6) is 0 Å². The van der Waals surface area contributed by atoms with Crippen LogP contribution in [0.25, 0.3) is 0 Å². The molecule has 3 N–H and O–H groups in total. The number of carbonyl (C=O) groups excluding carboxylic acids is 1. The van der Waals surface area contributed by atoms with Gasteiger partial charge in [0.05, 0.1) is 6.61 Å². The summed E-state index contributed by atoms with van der Waals surface area (Å²) in [7, 11) is 1.62. The van der Waals surface area contributed by atoms with Crippen LogP contribution >= 0.6 is 12.4 Å². The third-order valence-corrected chi connectivity index (χ3v) is 2.15. The summed E-state index contributed by atoms with van der Waals surface area (Å²) in [6.07, 6.45) is 1.66. The summed E-state index contributed by atoms with van der Waals surface area (Å²) in [4.78, 5) is 11.2. The van der Waals surface area contributed by atoms with Crippen LogP contribution < -0.4 is 11.1 Å². The van der Waals surface area contributed by atoms with E-state index in [2.05, 4.69) is 5.32 Å². The molecule has 78 valence electrons. The van der Waals surface area contributed by atoms with Gasteiger partial charge in [0, 0.05) is 25.6 Å². The number of carbonyl (C=O) groups is 1. The van der Waals surface area contributed by atoms with Crippen molar-refractivity contribution >= 4 is 18.3 Å². The zero-order valence-corrected chi connectivity index (χ0v) is 8.60. The van der Waals surface area contributed by atoms with Gasteiger partial charge in [0.2, 0.25) is 5.91 Å². The molecule has 0 saturated heterocycles. The average Bonchev–Trinajstić information content (AvgIpc) is 1.99. The van der Waals surface area contributed by atoms with Crippen LogP contribution in [0.4, 0.5) is 0 Å². The van der Waals surface area contributed by atoms with E-state index in [1.807, 2.05) is 0 Å². The van der Waals surface area contributed by atoms with Crippen molar-refractivity contribution in [3.63, 3.8) is 0 Å². The van der Waals surface area contributed by atoms with Crippen LogP contribution in [0.15, 0.2) is 0 Å². The lowest BCUT2D eigenvalue weighted by atomic mass is 9.80. The van der Waals surface area contributed by atoms with E-state index in [4.69, 9.17) is 10.5 Å². The normalized spacial score (nSPS) is 25.7. The first-order valence-electron chi connectivity index (χ1n) is 4.26. The molecule has 0 aromatic carbocycles. The molecular weight excluding hydrogens is 192 g/mol. The smallest absolute Gasteiger partial charge is 0.223 e. The Morgan fingerprint density at radius 1 is 1.62 bits per heavy atom. The number of amides is 1. The SMILES string of the molecule is COCCNC(=O)C1CC(N)C1.Cl. The molecule has 1 aliphatic carbocycles. The predicted molar refractivity (Wildman–Crippen MR) is 52.8 cm³/mol. The molecule has 0 aromatic heterocycles. The van der Waals surface area contributed by atoms with Crippen molar-refractivity contribution < 1.29 is 9.53 Å². The first-order chi connectivity index (χ1) is 5.74. The fraction of sp³-hybridized carbons (Fsp3) is 0.875. The second kappa shape index (κ2) is 6.18. The number of hydrogen-bond donors (Lipinski definition) is 2. The zero-order valence-electron chi connectivity index (χ0n) is 7.79. The van der Waals surface area contributed by atoms with E-state index in [9.17, 15) is 4.79 Å². The fourth-order valence-electron chi connectivity index (χ4n) is 1.30. The van der Waals surface area contributed by atoms with Gasteiger partial charge in [-0.1, -0.05) is 0 Å². The van der Waals surface area contributed by atoms with E-state index in [0.29, 0.717) is 13.2 Å². The Kier molecular flexibility index (Phi) is 6.03. The van der Waals surface area contributed by atoms with Gasteiger partial charge in [0.25, 0.3) is 0 Å². The van der Waals surface area contributed by atoms with Crippen molar-refractivity contribution in [1.82, 2.24) is 5.32 Å². The lowest BCUT2D eigenvalue weighted by Gasteiger charge is -2.30. The third kappa shape index (κ3) is 3.93. The molecule has 0 unspecified atom stereocenters. The van der Waals surface area contributed by atoms with Crippen molar-refractivity contribution in [2.45, 2.75) is 18.9 Å². The molecule has 1 aliphatic rings. The summed E-state index contributed by atoms with van der Waals surface area (Å²) in [5.41, 5.74) is 5.56. The Morgan fingerprint density at radius 3 is 2.69 bits per heavy atom. The highest BCUT2D eigenvalue weighted by molar-refractivity contribution is 5.85. The summed E-state index contributed by atoms with van der Waals surface area (Å²) in [6, 6.07) is 0.239. The molecule has 0 atom stereocenters. The second-order valence-electron chi connectivity index (χ2n) is 3.21. The minimum atomic E-state index is 0. The zero-order chi connectivity index (χ0) is 8.97. The summed E-state index contributed by atoms with van der Waals surface area (Å²) in [5.74, 6) is 0.269. The molecule has 0 bridgehead atoms. The molecule has 1 saturated carbocycles. The number of nitrogens with one attached hydrogen (secondary N) is 1. The third-order valence-electron chi connectivity index (χ3n) is 2.15. The molecule has 5 heteroatoms. The number of rotatable bonds is 4. The van der Waals surface area contributed by atoms with E-state index < -0.39 is 0 Å². The van der Waals surface area contributed by atoms with Crippen LogP contribution in [0.2, 0.25) is 0 Å². The van der Waals surface area contributed by atoms with E-state index >= 15 is 0 Å². The first-order valence-corrected chi connectivity index (χ1v) is 4.26. The Labute approximate surface area is 84.6 Å². The van der Waals surface area contributed by atoms with Crippen molar-refractivity contribution in [1.29, 1.82) is 0 Å². The highest BCUT2D eigenvalue weighted by Gasteiger charge is 2.31. The van der Waals surface area contributed by atoms with E-state index in [1.165, 1.54) is 0 Å². The summed E-state index contributed by atoms with van der Waals surface area (Å²) in [5, 5.41) is 2.79. The summed E-state index contributed by atoms with van der Waals surface area (Å²) in [6.45, 7) is 1.17.